The summed E-state index contributed by atoms with van der Waals surface area (Å²) in [5.74, 6) is 1.22. The van der Waals surface area contributed by atoms with E-state index in [2.05, 4.69) is 0 Å². The lowest BCUT2D eigenvalue weighted by atomic mass is 10.4. The molecule has 0 aromatic heterocycles. The Kier molecular flexibility index (Phi) is 2.49. The van der Waals surface area contributed by atoms with E-state index in [9.17, 15) is 10.1 Å². The third kappa shape index (κ3) is 2.83. The Morgan fingerprint density at radius 3 is 3.29 bits per heavy atom. The predicted octanol–water partition coefficient (Wildman–Crippen LogP) is 0.593. The molecule has 0 amide bonds. The van der Waals surface area contributed by atoms with Gasteiger partial charge in [0, 0.05) is 17.2 Å². The summed E-state index contributed by atoms with van der Waals surface area (Å²) in [4.78, 5) is 10.9. The van der Waals surface area contributed by atoms with Crippen molar-refractivity contribution in [3.05, 3.63) is 10.1 Å². The fourth-order valence-electron chi connectivity index (χ4n) is 1.11. The average molecular weight is 224 g/mol. The molecule has 2 atom stereocenters. The molecule has 0 aliphatic carbocycles. The van der Waals surface area contributed by atoms with Gasteiger partial charge in [0.1, 0.15) is 2.78 Å². The van der Waals surface area contributed by atoms with Gasteiger partial charge in [-0.05, 0) is 12.7 Å². The van der Waals surface area contributed by atoms with E-state index in [1.165, 1.54) is 18.7 Å². The van der Waals surface area contributed by atoms with Gasteiger partial charge in [0.25, 0.3) is 6.14 Å². The van der Waals surface area contributed by atoms with Crippen LogP contribution in [-0.4, -0.2) is 46.7 Å². The molecule has 82 valence electrons. The van der Waals surface area contributed by atoms with E-state index in [0.717, 1.165) is 10.7 Å². The molecule has 1 fully saturated rings. The molecule has 1 aliphatic heterocycles. The van der Waals surface area contributed by atoms with Crippen LogP contribution in [0.2, 0.25) is 1.41 Å². The van der Waals surface area contributed by atoms with Crippen LogP contribution in [0.25, 0.3) is 0 Å². The number of nitrogens with one attached hydrogen (secondary N) is 1. The van der Waals surface area contributed by atoms with Crippen molar-refractivity contribution in [2.45, 2.75) is 26.1 Å². The largest absolute Gasteiger partial charge is 0.294 e. The highest BCUT2D eigenvalue weighted by atomic mass is 32.2. The van der Waals surface area contributed by atoms with E-state index in [1.54, 1.807) is 0 Å². The van der Waals surface area contributed by atoms with Gasteiger partial charge in [0.2, 0.25) is 0 Å². The number of hydrogen-bond donors (Lipinski definition) is 1. The first-order valence-corrected chi connectivity index (χ1v) is 5.49. The van der Waals surface area contributed by atoms with Crippen LogP contribution < -0.4 is 5.31 Å². The Morgan fingerprint density at radius 2 is 2.71 bits per heavy atom. The van der Waals surface area contributed by atoms with Gasteiger partial charge in [-0.2, -0.15) is 11.8 Å². The minimum Gasteiger partial charge on any atom is -0.294 e. The minimum absolute atomic E-state index is 0.00211. The molecule has 1 heterocycles. The number of hydrogen-bond acceptors (Lipinski definition) is 5. The maximum atomic E-state index is 11.2. The van der Waals surface area contributed by atoms with Crippen molar-refractivity contribution in [2.24, 2.45) is 0 Å². The predicted molar refractivity (Wildman–Crippen MR) is 58.0 cm³/mol. The van der Waals surface area contributed by atoms with E-state index in [4.69, 9.17) is 6.89 Å². The third-order valence-electron chi connectivity index (χ3n) is 1.80. The standard InChI is InChI=1S/C8H17N3O2S/c1-3-14-5-4-10-7(2)9-6-8(10)11(12)13/h7-9H,3-6H2,1-2H3/i6D2,7D,8D/hD. The number of nitro groups is 1. The molecule has 0 radical (unpaired) electrons. The van der Waals surface area contributed by atoms with Crippen LogP contribution in [0.1, 0.15) is 19.3 Å². The Morgan fingerprint density at radius 1 is 2.00 bits per heavy atom. The summed E-state index contributed by atoms with van der Waals surface area (Å²) in [5.41, 5.74) is 0. The first-order chi connectivity index (χ1) is 8.54. The maximum Gasteiger partial charge on any atom is 0.282 e. The van der Waals surface area contributed by atoms with Gasteiger partial charge in [-0.25, -0.2) is 4.90 Å². The van der Waals surface area contributed by atoms with Crippen molar-refractivity contribution in [1.29, 1.82) is 0 Å². The fraction of sp³-hybridized carbons (Fsp3) is 1.00. The molecular weight excluding hydrogens is 202 g/mol. The lowest BCUT2D eigenvalue weighted by Crippen LogP contribution is -2.42. The van der Waals surface area contributed by atoms with Crippen LogP contribution >= 0.6 is 11.8 Å². The van der Waals surface area contributed by atoms with Crippen LogP contribution in [0.3, 0.4) is 0 Å². The van der Waals surface area contributed by atoms with Gasteiger partial charge in [-0.15, -0.1) is 0 Å². The van der Waals surface area contributed by atoms with E-state index in [-0.39, 0.29) is 11.9 Å². The molecule has 14 heavy (non-hydrogen) atoms. The van der Waals surface area contributed by atoms with Gasteiger partial charge in [-0.3, -0.25) is 15.4 Å². The summed E-state index contributed by atoms with van der Waals surface area (Å²) in [6.45, 7) is 0.224. The summed E-state index contributed by atoms with van der Waals surface area (Å²) in [5, 5.41) is 11.3. The highest BCUT2D eigenvalue weighted by molar-refractivity contribution is 7.99. The van der Waals surface area contributed by atoms with Crippen molar-refractivity contribution < 1.29 is 11.8 Å². The van der Waals surface area contributed by atoms with Crippen LogP contribution in [0.15, 0.2) is 0 Å². The van der Waals surface area contributed by atoms with E-state index < -0.39 is 23.7 Å². The molecule has 0 aromatic carbocycles. The monoisotopic (exact) mass is 224 g/mol. The number of rotatable bonds is 5. The van der Waals surface area contributed by atoms with Crippen LogP contribution in [0.5, 0.6) is 0 Å². The molecule has 1 N–H and O–H groups in total. The van der Waals surface area contributed by atoms with E-state index in [1.807, 2.05) is 6.92 Å². The van der Waals surface area contributed by atoms with Crippen molar-refractivity contribution in [2.75, 3.05) is 24.5 Å². The molecule has 6 heteroatoms. The Labute approximate surface area is 95.5 Å². The van der Waals surface area contributed by atoms with E-state index >= 15 is 0 Å². The van der Waals surface area contributed by atoms with Gasteiger partial charge >= 0.3 is 0 Å². The highest BCUT2D eigenvalue weighted by Crippen LogP contribution is 2.12. The summed E-state index contributed by atoms with van der Waals surface area (Å²) >= 11 is 1.48. The molecule has 0 spiro atoms. The third-order valence-corrected chi connectivity index (χ3v) is 2.68. The quantitative estimate of drug-likeness (QED) is 0.421. The minimum atomic E-state index is -2.87. The SMILES string of the molecule is [2H]N1C([2H])(C)N(CCSCC)C([2H])([N+](=O)[O-])C1([2H])[2H]. The Hall–Kier alpha value is -0.330. The van der Waals surface area contributed by atoms with Crippen LogP contribution in [0, 0.1) is 10.1 Å². The van der Waals surface area contributed by atoms with Gasteiger partial charge in [-0.1, -0.05) is 6.92 Å². The number of thioether (sulfide) groups is 1. The van der Waals surface area contributed by atoms with Crippen molar-refractivity contribution in [3.63, 3.8) is 0 Å². The Balaban J connectivity index is 3.18. The smallest absolute Gasteiger partial charge is 0.282 e. The van der Waals surface area contributed by atoms with Crippen molar-refractivity contribution in [3.8, 4) is 0 Å². The maximum absolute atomic E-state index is 11.2. The van der Waals surface area contributed by atoms with Crippen molar-refractivity contribution >= 4 is 11.8 Å². The van der Waals surface area contributed by atoms with Gasteiger partial charge in [0.15, 0.2) is 0 Å². The normalized spacial score (nSPS) is 48.9. The molecule has 5 nitrogen and oxygen atoms in total. The summed E-state index contributed by atoms with van der Waals surface area (Å²) in [6.07, 6.45) is -4.83. The topological polar surface area (TPSA) is 58.4 Å². The van der Waals surface area contributed by atoms with Crippen LogP contribution in [0.4, 0.5) is 0 Å². The first kappa shape index (κ1) is 6.30. The highest BCUT2D eigenvalue weighted by Gasteiger charge is 2.37. The zero-order valence-electron chi connectivity index (χ0n) is 13.2. The second-order valence-corrected chi connectivity index (χ2v) is 4.09. The molecule has 0 saturated carbocycles. The molecule has 1 saturated heterocycles. The summed E-state index contributed by atoms with van der Waals surface area (Å²) < 4.78 is 38.8. The zero-order valence-corrected chi connectivity index (χ0v) is 9.00. The summed E-state index contributed by atoms with van der Waals surface area (Å²) in [7, 11) is 0. The van der Waals surface area contributed by atoms with E-state index in [0.29, 0.717) is 5.75 Å². The molecule has 1 rings (SSSR count). The Bertz CT molecular complexity index is 372. The number of nitrogens with zero attached hydrogens (tertiary/aromatic N) is 2. The zero-order chi connectivity index (χ0) is 15.1. The molecule has 0 aromatic rings. The molecular formula is C8H17N3O2S. The van der Waals surface area contributed by atoms with Gasteiger partial charge < -0.3 is 0 Å². The van der Waals surface area contributed by atoms with Crippen molar-refractivity contribution in [1.82, 2.24) is 10.2 Å². The second kappa shape index (κ2) is 5.53. The lowest BCUT2D eigenvalue weighted by molar-refractivity contribution is -0.543. The lowest BCUT2D eigenvalue weighted by Gasteiger charge is -2.21. The average Bonchev–Trinajstić information content (AvgIpc) is 2.40. The molecule has 1 aliphatic rings. The second-order valence-electron chi connectivity index (χ2n) is 2.70. The first-order valence-electron chi connectivity index (χ1n) is 6.78. The van der Waals surface area contributed by atoms with Gasteiger partial charge in [0.05, 0.1) is 16.8 Å². The summed E-state index contributed by atoms with van der Waals surface area (Å²) in [6, 6.07) is 0. The molecule has 0 bridgehead atoms. The molecule has 2 unspecified atom stereocenters. The van der Waals surface area contributed by atoms with Crippen LogP contribution in [-0.2, 0) is 0 Å². The fourth-order valence-corrected chi connectivity index (χ4v) is 1.71.